The third kappa shape index (κ3) is 9.05. The van der Waals surface area contributed by atoms with Crippen molar-refractivity contribution in [3.63, 3.8) is 0 Å². The first-order valence-corrected chi connectivity index (χ1v) is 12.3. The monoisotopic (exact) mass is 490 g/mol. The number of nitrogens with one attached hydrogen (secondary N) is 1. The zero-order chi connectivity index (χ0) is 24.4. The molecule has 0 spiro atoms. The second-order valence-corrected chi connectivity index (χ2v) is 9.63. The van der Waals surface area contributed by atoms with Gasteiger partial charge in [0.2, 0.25) is 0 Å². The molecule has 1 aliphatic heterocycles. The van der Waals surface area contributed by atoms with E-state index in [9.17, 15) is 9.90 Å². The van der Waals surface area contributed by atoms with Gasteiger partial charge in [0, 0.05) is 24.7 Å². The number of hydrogen-bond donors (Lipinski definition) is 3. The molecule has 2 unspecified atom stereocenters. The lowest BCUT2D eigenvalue weighted by Crippen LogP contribution is -2.44. The Balaban J connectivity index is 0.000000574. The minimum Gasteiger partial charge on any atom is -0.489 e. The molecule has 1 saturated carbocycles. The van der Waals surface area contributed by atoms with E-state index in [1.165, 1.54) is 32.1 Å². The summed E-state index contributed by atoms with van der Waals surface area (Å²) >= 11 is 5.90. The Hall–Kier alpha value is -2.48. The highest BCUT2D eigenvalue weighted by molar-refractivity contribution is 6.30. The van der Waals surface area contributed by atoms with E-state index < -0.39 is 11.7 Å². The van der Waals surface area contributed by atoms with Gasteiger partial charge in [-0.3, -0.25) is 10.2 Å². The van der Waals surface area contributed by atoms with Gasteiger partial charge < -0.3 is 19.7 Å². The van der Waals surface area contributed by atoms with Gasteiger partial charge in [-0.05, 0) is 49.7 Å². The molecule has 0 aromatic heterocycles. The van der Waals surface area contributed by atoms with Gasteiger partial charge in [0.15, 0.2) is 0 Å². The van der Waals surface area contributed by atoms with Crippen LogP contribution >= 0.6 is 11.6 Å². The number of nitrogens with zero attached hydrogens (tertiary/aromatic N) is 1. The lowest BCUT2D eigenvalue weighted by Gasteiger charge is -2.29. The summed E-state index contributed by atoms with van der Waals surface area (Å²) < 4.78 is 11.7. The summed E-state index contributed by atoms with van der Waals surface area (Å²) in [5.74, 6) is 1.15. The van der Waals surface area contributed by atoms with E-state index in [0.717, 1.165) is 18.7 Å². The van der Waals surface area contributed by atoms with E-state index in [2.05, 4.69) is 10.2 Å². The molecule has 1 aliphatic carbocycles. The summed E-state index contributed by atoms with van der Waals surface area (Å²) in [4.78, 5) is 13.0. The number of carbonyl (C=O) groups is 1. The van der Waals surface area contributed by atoms with Crippen molar-refractivity contribution < 1.29 is 24.5 Å². The number of ether oxygens (including phenoxy) is 2. The Kier molecular flexibility index (Phi) is 9.86. The molecule has 0 bridgehead atoms. The van der Waals surface area contributed by atoms with Crippen LogP contribution in [0.1, 0.15) is 45.4 Å². The van der Waals surface area contributed by atoms with Crippen LogP contribution in [0.25, 0.3) is 0 Å². The van der Waals surface area contributed by atoms with Crippen molar-refractivity contribution in [2.75, 3.05) is 31.6 Å². The second kappa shape index (κ2) is 12.8. The van der Waals surface area contributed by atoms with Crippen LogP contribution in [0.2, 0.25) is 5.02 Å². The Morgan fingerprint density at radius 3 is 2.41 bits per heavy atom. The average molecular weight is 491 g/mol. The minimum atomic E-state index is -1.17. The zero-order valence-corrected chi connectivity index (χ0v) is 20.5. The minimum absolute atomic E-state index is 0.0323. The Labute approximate surface area is 206 Å². The van der Waals surface area contributed by atoms with Crippen molar-refractivity contribution in [2.45, 2.75) is 57.2 Å². The number of benzene rings is 2. The van der Waals surface area contributed by atoms with Crippen LogP contribution in [0.5, 0.6) is 11.5 Å². The van der Waals surface area contributed by atoms with Crippen molar-refractivity contribution in [3.05, 3.63) is 53.6 Å². The number of anilines is 1. The summed E-state index contributed by atoms with van der Waals surface area (Å²) in [7, 11) is 0. The van der Waals surface area contributed by atoms with Crippen LogP contribution in [0.4, 0.5) is 10.5 Å². The Morgan fingerprint density at radius 2 is 1.76 bits per heavy atom. The van der Waals surface area contributed by atoms with Gasteiger partial charge in [-0.1, -0.05) is 55.8 Å². The quantitative estimate of drug-likeness (QED) is 0.442. The average Bonchev–Trinajstić information content (AvgIpc) is 3.50. The predicted molar refractivity (Wildman–Crippen MR) is 134 cm³/mol. The molecule has 34 heavy (non-hydrogen) atoms. The van der Waals surface area contributed by atoms with E-state index in [4.69, 9.17) is 26.2 Å². The van der Waals surface area contributed by atoms with Gasteiger partial charge in [-0.2, -0.15) is 0 Å². The molecule has 7 nitrogen and oxygen atoms in total. The van der Waals surface area contributed by atoms with E-state index in [0.29, 0.717) is 29.5 Å². The molecule has 3 N–H and O–H groups in total. The summed E-state index contributed by atoms with van der Waals surface area (Å²) in [5, 5.41) is 22.6. The first-order valence-electron chi connectivity index (χ1n) is 11.9. The lowest BCUT2D eigenvalue weighted by atomic mass is 10.1. The Morgan fingerprint density at radius 1 is 1.12 bits per heavy atom. The molecule has 0 radical (unpaired) electrons. The van der Waals surface area contributed by atoms with Gasteiger partial charge in [0.1, 0.15) is 29.8 Å². The molecule has 1 amide bonds. The number of halogens is 1. The summed E-state index contributed by atoms with van der Waals surface area (Å²) in [6, 6.07) is 14.0. The molecule has 2 atom stereocenters. The van der Waals surface area contributed by atoms with Gasteiger partial charge in [-0.25, -0.2) is 4.79 Å². The maximum atomic E-state index is 10.9. The number of rotatable bonds is 8. The predicted octanol–water partition coefficient (Wildman–Crippen LogP) is 5.66. The highest BCUT2D eigenvalue weighted by Crippen LogP contribution is 2.26. The third-order valence-electron chi connectivity index (χ3n) is 5.83. The highest BCUT2D eigenvalue weighted by Gasteiger charge is 2.31. The third-order valence-corrected chi connectivity index (χ3v) is 6.08. The van der Waals surface area contributed by atoms with Crippen LogP contribution in [0.3, 0.4) is 0 Å². The van der Waals surface area contributed by atoms with Crippen molar-refractivity contribution in [1.82, 2.24) is 4.90 Å². The fraction of sp³-hybridized carbons (Fsp3) is 0.500. The van der Waals surface area contributed by atoms with Crippen LogP contribution < -0.4 is 14.8 Å². The number of carboxylic acid groups (broad SMARTS) is 1. The van der Waals surface area contributed by atoms with Gasteiger partial charge in [-0.15, -0.1) is 0 Å². The van der Waals surface area contributed by atoms with Crippen LogP contribution in [0, 0.1) is 0 Å². The molecule has 186 valence electrons. The zero-order valence-electron chi connectivity index (χ0n) is 19.7. The molecular weight excluding hydrogens is 456 g/mol. The summed E-state index contributed by atoms with van der Waals surface area (Å²) in [6.07, 6.45) is 7.25. The fourth-order valence-electron chi connectivity index (χ4n) is 4.20. The van der Waals surface area contributed by atoms with Crippen LogP contribution in [-0.4, -0.2) is 59.2 Å². The lowest BCUT2D eigenvalue weighted by molar-refractivity contribution is -0.0141. The van der Waals surface area contributed by atoms with E-state index in [1.807, 2.05) is 12.1 Å². The van der Waals surface area contributed by atoms with Crippen LogP contribution in [0.15, 0.2) is 48.5 Å². The molecule has 2 aromatic rings. The maximum Gasteiger partial charge on any atom is 0.409 e. The first-order chi connectivity index (χ1) is 16.3. The summed E-state index contributed by atoms with van der Waals surface area (Å²) in [6.45, 7) is 3.67. The number of para-hydroxylation sites is 2. The summed E-state index contributed by atoms with van der Waals surface area (Å²) in [5.41, 5.74) is -0.765. The number of aliphatic hydroxyl groups is 1. The molecule has 2 aliphatic rings. The largest absolute Gasteiger partial charge is 0.489 e. The second-order valence-electron chi connectivity index (χ2n) is 9.20. The van der Waals surface area contributed by atoms with Crippen molar-refractivity contribution in [3.8, 4) is 11.5 Å². The van der Waals surface area contributed by atoms with Gasteiger partial charge in [0.25, 0.3) is 0 Å². The molecule has 1 heterocycles. The highest BCUT2D eigenvalue weighted by atomic mass is 35.5. The van der Waals surface area contributed by atoms with Crippen molar-refractivity contribution in [2.24, 2.45) is 0 Å². The standard InChI is InChI=1S/C21H25ClN2O5.C5H10/c1-21(27,14-28-19-5-3-2-4-18(19)23-20(25)26)13-24-11-10-17(12-24)29-16-8-6-15(22)7-9-16;1-2-4-5-3-1/h2-9,17,23,27H,10-14H2,1H3,(H,25,26);1-5H2. The molecule has 8 heteroatoms. The van der Waals surface area contributed by atoms with E-state index in [1.54, 1.807) is 43.3 Å². The van der Waals surface area contributed by atoms with Crippen LogP contribution in [-0.2, 0) is 0 Å². The Bertz CT molecular complexity index is 895. The molecule has 2 aromatic carbocycles. The molecule has 4 rings (SSSR count). The number of β-amino-alcohol motifs (C(OH)–C–C–N with tert-alkyl or cyclic N) is 1. The topological polar surface area (TPSA) is 91.3 Å². The van der Waals surface area contributed by atoms with Gasteiger partial charge in [0.05, 0.1) is 5.69 Å². The van der Waals surface area contributed by atoms with Crippen molar-refractivity contribution in [1.29, 1.82) is 0 Å². The normalized spacial score (nSPS) is 19.6. The smallest absolute Gasteiger partial charge is 0.409 e. The molecule has 1 saturated heterocycles. The van der Waals surface area contributed by atoms with Gasteiger partial charge >= 0.3 is 6.09 Å². The number of likely N-dealkylation sites (tertiary alicyclic amines) is 1. The first kappa shape index (κ1) is 26.1. The van der Waals surface area contributed by atoms with E-state index in [-0.39, 0.29) is 12.7 Å². The SMILES string of the molecule is C1CCCC1.CC(O)(COc1ccccc1NC(=O)O)CN1CCC(Oc2ccc(Cl)cc2)C1. The maximum absolute atomic E-state index is 10.9. The molecule has 2 fully saturated rings. The number of hydrogen-bond acceptors (Lipinski definition) is 5. The molecular formula is C26H35ClN2O5. The fourth-order valence-corrected chi connectivity index (χ4v) is 4.32. The van der Waals surface area contributed by atoms with Crippen molar-refractivity contribution >= 4 is 23.4 Å². The number of amides is 1. The van der Waals surface area contributed by atoms with E-state index >= 15 is 0 Å².